The second kappa shape index (κ2) is 3.27. The van der Waals surface area contributed by atoms with E-state index in [1.54, 1.807) is 0 Å². The average molecular weight is 240 g/mol. The Bertz CT molecular complexity index is 396. The third kappa shape index (κ3) is 3.04. The van der Waals surface area contributed by atoms with Crippen LogP contribution in [0.4, 0.5) is 4.79 Å². The fourth-order valence-electron chi connectivity index (χ4n) is 0.295. The third-order valence-electron chi connectivity index (χ3n) is 0.531. The van der Waals surface area contributed by atoms with Crippen LogP contribution >= 0.6 is 0 Å². The minimum absolute atomic E-state index is 2.28. The molecule has 4 N–H and O–H groups in total. The SMILES string of the molecule is O=C(O)S(S(=O)(=O)O)=S(=O)(O)O. The van der Waals surface area contributed by atoms with E-state index in [9.17, 15) is 17.4 Å². The molecule has 0 amide bonds. The molecule has 1 unspecified atom stereocenters. The molecule has 0 rings (SSSR count). The van der Waals surface area contributed by atoms with Gasteiger partial charge in [0.1, 0.15) is 0 Å². The molecule has 11 heteroatoms. The zero-order valence-electron chi connectivity index (χ0n) is 5.15. The molecule has 0 aromatic heterocycles. The zero-order chi connectivity index (χ0) is 10.2. The molecule has 0 aliphatic heterocycles. The molecule has 74 valence electrons. The molecule has 0 aromatic carbocycles. The van der Waals surface area contributed by atoms with Gasteiger partial charge >= 0.3 is 14.5 Å². The molecule has 0 saturated carbocycles. The van der Waals surface area contributed by atoms with Gasteiger partial charge in [-0.05, 0) is 0 Å². The molecule has 8 nitrogen and oxygen atoms in total. The largest absolute Gasteiger partial charge is 0.472 e. The highest BCUT2D eigenvalue weighted by molar-refractivity contribution is 8.86. The van der Waals surface area contributed by atoms with E-state index in [-0.39, 0.29) is 0 Å². The van der Waals surface area contributed by atoms with Gasteiger partial charge in [-0.15, -0.1) is 0 Å². The predicted octanol–water partition coefficient (Wildman–Crippen LogP) is -0.769. The van der Waals surface area contributed by atoms with Crippen LogP contribution in [0, 0.1) is 0 Å². The van der Waals surface area contributed by atoms with Gasteiger partial charge in [-0.25, -0.2) is 9.00 Å². The molecule has 1 atom stereocenters. The predicted molar refractivity (Wildman–Crippen MR) is 40.3 cm³/mol. The van der Waals surface area contributed by atoms with Gasteiger partial charge in [-0.1, -0.05) is 0 Å². The summed E-state index contributed by atoms with van der Waals surface area (Å²) in [5.74, 6) is 0. The number of carbonyl (C=O) groups is 1. The minimum atomic E-state index is -5.27. The van der Waals surface area contributed by atoms with Crippen molar-refractivity contribution >= 4 is 32.0 Å². The van der Waals surface area contributed by atoms with Crippen molar-refractivity contribution in [2.24, 2.45) is 0 Å². The summed E-state index contributed by atoms with van der Waals surface area (Å²) in [5.41, 5.74) is 0. The highest BCUT2D eigenvalue weighted by Crippen LogP contribution is 2.03. The number of hydrogen-bond donors (Lipinski definition) is 4. The van der Waals surface area contributed by atoms with E-state index in [1.165, 1.54) is 0 Å². The Balaban J connectivity index is 5.96. The van der Waals surface area contributed by atoms with Crippen molar-refractivity contribution in [2.45, 2.75) is 0 Å². The highest BCUT2D eigenvalue weighted by atomic mass is 33.4. The summed E-state index contributed by atoms with van der Waals surface area (Å²) in [6.45, 7) is 0. The standard InChI is InChI=1S/CH4O8S3/c2-1(3)10(11(4,5)6)12(7,8)9/h(H,2,3)(H,4,5,6)(H2,7,8,9). The molecule has 12 heavy (non-hydrogen) atoms. The smallest absolute Gasteiger partial charge is 0.387 e. The van der Waals surface area contributed by atoms with Crippen LogP contribution in [-0.2, 0) is 26.7 Å². The van der Waals surface area contributed by atoms with Crippen LogP contribution in [0.3, 0.4) is 0 Å². The average Bonchev–Trinajstić information content (AvgIpc) is 1.49. The van der Waals surface area contributed by atoms with Gasteiger partial charge in [-0.3, -0.25) is 13.7 Å². The number of rotatable bonds is 1. The zero-order valence-corrected chi connectivity index (χ0v) is 7.60. The van der Waals surface area contributed by atoms with E-state index in [1.807, 2.05) is 0 Å². The Labute approximate surface area is 68.6 Å². The Hall–Kier alpha value is -0.200. The number of hydrogen-bond acceptors (Lipinski definition) is 4. The first-order chi connectivity index (χ1) is 5.07. The first-order valence-corrected chi connectivity index (χ1v) is 7.18. The summed E-state index contributed by atoms with van der Waals surface area (Å²) in [6.07, 6.45) is 0. The van der Waals surface area contributed by atoms with E-state index in [0.717, 1.165) is 0 Å². The first kappa shape index (κ1) is 11.8. The highest BCUT2D eigenvalue weighted by Gasteiger charge is 2.28. The van der Waals surface area contributed by atoms with Crippen molar-refractivity contribution in [3.8, 4) is 0 Å². The van der Waals surface area contributed by atoms with Crippen LogP contribution in [0.5, 0.6) is 0 Å². The van der Waals surface area contributed by atoms with Gasteiger partial charge in [0.25, 0.3) is 0 Å². The summed E-state index contributed by atoms with van der Waals surface area (Å²) in [7, 11) is -13.8. The van der Waals surface area contributed by atoms with Crippen molar-refractivity contribution in [3.05, 3.63) is 0 Å². The lowest BCUT2D eigenvalue weighted by Gasteiger charge is -1.99. The van der Waals surface area contributed by atoms with E-state index in [4.69, 9.17) is 18.8 Å². The first-order valence-electron chi connectivity index (χ1n) is 2.01. The van der Waals surface area contributed by atoms with Gasteiger partial charge in [0.05, 0.1) is 0 Å². The lowest BCUT2D eigenvalue weighted by Crippen LogP contribution is -2.22. The van der Waals surface area contributed by atoms with Crippen LogP contribution < -0.4 is 0 Å². The molecule has 0 aliphatic carbocycles. The lowest BCUT2D eigenvalue weighted by molar-refractivity contribution is 0.222. The maximum Gasteiger partial charge on any atom is 0.387 e. The molecule has 0 saturated heterocycles. The summed E-state index contributed by atoms with van der Waals surface area (Å²) in [5, 5.41) is 5.73. The quantitative estimate of drug-likeness (QED) is 0.344. The van der Waals surface area contributed by atoms with Gasteiger partial charge in [0.15, 0.2) is 8.49 Å². The Morgan fingerprint density at radius 1 is 1.08 bits per heavy atom. The van der Waals surface area contributed by atoms with Gasteiger partial charge < -0.3 is 5.11 Å². The molecular formula is CH4O8S3. The number of carboxylic acid groups (broad SMARTS) is 1. The van der Waals surface area contributed by atoms with Gasteiger partial charge in [0.2, 0.25) is 9.05 Å². The topological polar surface area (TPSA) is 149 Å². The van der Waals surface area contributed by atoms with Crippen LogP contribution in [-0.4, -0.2) is 36.7 Å². The lowest BCUT2D eigenvalue weighted by atomic mass is 11.6. The van der Waals surface area contributed by atoms with Crippen molar-refractivity contribution in [1.82, 2.24) is 0 Å². The minimum Gasteiger partial charge on any atom is -0.472 e. The van der Waals surface area contributed by atoms with E-state index in [2.05, 4.69) is 0 Å². The van der Waals surface area contributed by atoms with Gasteiger partial charge in [0, 0.05) is 0 Å². The second-order valence-corrected chi connectivity index (χ2v) is 9.15. The molecule has 0 radical (unpaired) electrons. The Morgan fingerprint density at radius 2 is 1.42 bits per heavy atom. The summed E-state index contributed by atoms with van der Waals surface area (Å²) in [6, 6.07) is 0. The summed E-state index contributed by atoms with van der Waals surface area (Å²) in [4.78, 5) is 9.97. The van der Waals surface area contributed by atoms with Crippen molar-refractivity contribution in [1.29, 1.82) is 0 Å². The van der Waals surface area contributed by atoms with Crippen molar-refractivity contribution < 1.29 is 36.2 Å². The fraction of sp³-hybridized carbons (Fsp3) is 0. The summed E-state index contributed by atoms with van der Waals surface area (Å²) >= 11 is 0. The van der Waals surface area contributed by atoms with E-state index >= 15 is 0 Å². The van der Waals surface area contributed by atoms with Crippen LogP contribution in [0.2, 0.25) is 0 Å². The molecule has 0 fully saturated rings. The van der Waals surface area contributed by atoms with E-state index in [0.29, 0.717) is 0 Å². The van der Waals surface area contributed by atoms with Crippen LogP contribution in [0.25, 0.3) is 0 Å². The van der Waals surface area contributed by atoms with Crippen molar-refractivity contribution in [3.63, 3.8) is 0 Å². The normalized spacial score (nSPS) is 15.6. The van der Waals surface area contributed by atoms with Crippen LogP contribution in [0.15, 0.2) is 0 Å². The Kier molecular flexibility index (Phi) is 3.22. The maximum absolute atomic E-state index is 10.2. The summed E-state index contributed by atoms with van der Waals surface area (Å²) < 4.78 is 54.8. The Morgan fingerprint density at radius 3 is 1.42 bits per heavy atom. The van der Waals surface area contributed by atoms with Crippen molar-refractivity contribution in [2.75, 3.05) is 0 Å². The fourth-order valence-corrected chi connectivity index (χ4v) is 4.67. The molecule has 0 spiro atoms. The third-order valence-corrected chi connectivity index (χ3v) is 7.92. The molecule has 0 heterocycles. The maximum atomic E-state index is 10.2. The molecule has 0 aliphatic rings. The molecule has 0 bridgehead atoms. The second-order valence-electron chi connectivity index (χ2n) is 1.38. The van der Waals surface area contributed by atoms with E-state index < -0.39 is 32.0 Å². The van der Waals surface area contributed by atoms with Crippen LogP contribution in [0.1, 0.15) is 0 Å². The van der Waals surface area contributed by atoms with Gasteiger partial charge in [-0.2, -0.15) is 8.42 Å². The monoisotopic (exact) mass is 240 g/mol. The molecule has 0 aromatic rings. The molecular weight excluding hydrogens is 236 g/mol.